The molecule has 1 aromatic carbocycles. The zero-order chi connectivity index (χ0) is 24.7. The molecular weight excluding hydrogens is 459 g/mol. The van der Waals surface area contributed by atoms with Gasteiger partial charge in [0.1, 0.15) is 18.0 Å². The summed E-state index contributed by atoms with van der Waals surface area (Å²) in [6.07, 6.45) is -0.164. The molecule has 0 aliphatic carbocycles. The van der Waals surface area contributed by atoms with Gasteiger partial charge in [0.2, 0.25) is 5.91 Å². The number of fused-ring (bicyclic) bond motifs is 3. The van der Waals surface area contributed by atoms with Crippen LogP contribution in [0.5, 0.6) is 0 Å². The summed E-state index contributed by atoms with van der Waals surface area (Å²) in [5.41, 5.74) is 2.91. The van der Waals surface area contributed by atoms with Crippen LogP contribution >= 0.6 is 0 Å². The molecule has 0 bridgehead atoms. The number of hydrogen-bond donors (Lipinski definition) is 1. The van der Waals surface area contributed by atoms with Crippen LogP contribution in [0.1, 0.15) is 35.9 Å². The molecule has 1 amide bonds. The highest BCUT2D eigenvalue weighted by atomic mass is 19.4. The maximum Gasteiger partial charge on any atom is 0.416 e. The number of alkyl halides is 3. The van der Waals surface area contributed by atoms with Crippen LogP contribution in [-0.4, -0.2) is 48.5 Å². The zero-order valence-corrected chi connectivity index (χ0v) is 19.1. The fourth-order valence-corrected chi connectivity index (χ4v) is 4.28. The van der Waals surface area contributed by atoms with Gasteiger partial charge in [-0.1, -0.05) is 18.2 Å². The lowest BCUT2D eigenvalue weighted by molar-refractivity contribution is -0.137. The Morgan fingerprint density at radius 3 is 2.71 bits per heavy atom. The third-order valence-corrected chi connectivity index (χ3v) is 6.06. The molecule has 35 heavy (non-hydrogen) atoms. The standard InChI is InChI=1S/C24H22F3N7O/c1-14-30-21(28-12-16-4-3-5-18(10-16)24(25,26)27)20-11-19(17-6-8-33(9-7-17)15(2)35)23-32-29-13-34(23)22(20)31-14/h3-6,10-11,13H,7-9,12H2,1-2H3,(H,28,30,31). The van der Waals surface area contributed by atoms with Crippen LogP contribution in [0.15, 0.2) is 42.7 Å². The number of pyridine rings is 1. The number of nitrogens with one attached hydrogen (secondary N) is 1. The van der Waals surface area contributed by atoms with Crippen molar-refractivity contribution in [1.82, 2.24) is 29.5 Å². The third-order valence-electron chi connectivity index (χ3n) is 6.06. The Labute approximate surface area is 198 Å². The SMILES string of the molecule is CC(=O)N1CC=C(c2cc3c(NCc4cccc(C(F)(F)F)c4)nc(C)nc3n3cnnc23)CC1. The summed E-state index contributed by atoms with van der Waals surface area (Å²) in [4.78, 5) is 22.6. The molecule has 5 rings (SSSR count). The van der Waals surface area contributed by atoms with Crippen LogP contribution in [0.3, 0.4) is 0 Å². The van der Waals surface area contributed by atoms with Gasteiger partial charge in [-0.3, -0.25) is 9.20 Å². The van der Waals surface area contributed by atoms with Crippen LogP contribution < -0.4 is 5.32 Å². The second kappa shape index (κ2) is 8.64. The first-order valence-electron chi connectivity index (χ1n) is 11.1. The van der Waals surface area contributed by atoms with Crippen LogP contribution in [-0.2, 0) is 17.5 Å². The highest BCUT2D eigenvalue weighted by molar-refractivity contribution is 5.94. The molecule has 0 atom stereocenters. The molecule has 1 aliphatic heterocycles. The van der Waals surface area contributed by atoms with E-state index in [4.69, 9.17) is 0 Å². The zero-order valence-electron chi connectivity index (χ0n) is 19.1. The topological polar surface area (TPSA) is 88.3 Å². The number of aromatic nitrogens is 5. The molecule has 11 heteroatoms. The van der Waals surface area contributed by atoms with Crippen molar-refractivity contribution in [3.8, 4) is 0 Å². The van der Waals surface area contributed by atoms with E-state index in [0.717, 1.165) is 23.3 Å². The summed E-state index contributed by atoms with van der Waals surface area (Å²) in [5.74, 6) is 1.03. The predicted molar refractivity (Wildman–Crippen MR) is 124 cm³/mol. The van der Waals surface area contributed by atoms with Crippen LogP contribution in [0.2, 0.25) is 0 Å². The fourth-order valence-electron chi connectivity index (χ4n) is 4.28. The number of carbonyl (C=O) groups is 1. The molecule has 4 heterocycles. The van der Waals surface area contributed by atoms with E-state index in [1.54, 1.807) is 35.5 Å². The van der Waals surface area contributed by atoms with Gasteiger partial charge in [0.05, 0.1) is 10.9 Å². The maximum absolute atomic E-state index is 13.1. The molecule has 4 aromatic rings. The molecule has 1 aliphatic rings. The second-order valence-corrected chi connectivity index (χ2v) is 8.44. The first kappa shape index (κ1) is 22.8. The fraction of sp³-hybridized carbons (Fsp3) is 0.292. The maximum atomic E-state index is 13.1. The van der Waals surface area contributed by atoms with Gasteiger partial charge in [-0.15, -0.1) is 10.2 Å². The predicted octanol–water partition coefficient (Wildman–Crippen LogP) is 4.25. The monoisotopic (exact) mass is 481 g/mol. The quantitative estimate of drug-likeness (QED) is 0.469. The number of aryl methyl sites for hydroxylation is 1. The third kappa shape index (κ3) is 4.41. The van der Waals surface area contributed by atoms with Gasteiger partial charge in [0.25, 0.3) is 0 Å². The highest BCUT2D eigenvalue weighted by Gasteiger charge is 2.30. The van der Waals surface area contributed by atoms with E-state index in [1.807, 2.05) is 12.1 Å². The van der Waals surface area contributed by atoms with Crippen molar-refractivity contribution in [2.75, 3.05) is 18.4 Å². The van der Waals surface area contributed by atoms with Crippen LogP contribution in [0.4, 0.5) is 19.0 Å². The second-order valence-electron chi connectivity index (χ2n) is 8.44. The van der Waals surface area contributed by atoms with E-state index in [-0.39, 0.29) is 12.5 Å². The Kier molecular flexibility index (Phi) is 5.62. The number of nitrogens with zero attached hydrogens (tertiary/aromatic N) is 6. The summed E-state index contributed by atoms with van der Waals surface area (Å²) in [6.45, 7) is 4.56. The summed E-state index contributed by atoms with van der Waals surface area (Å²) in [6, 6.07) is 7.13. The summed E-state index contributed by atoms with van der Waals surface area (Å²) >= 11 is 0. The number of benzene rings is 1. The van der Waals surface area contributed by atoms with Gasteiger partial charge < -0.3 is 10.2 Å². The lowest BCUT2D eigenvalue weighted by Crippen LogP contribution is -2.32. The van der Waals surface area contributed by atoms with E-state index < -0.39 is 11.7 Å². The van der Waals surface area contributed by atoms with E-state index in [2.05, 4.69) is 25.5 Å². The van der Waals surface area contributed by atoms with Crippen LogP contribution in [0.25, 0.3) is 22.3 Å². The summed E-state index contributed by atoms with van der Waals surface area (Å²) < 4.78 is 41.1. The number of anilines is 1. The Hall–Kier alpha value is -4.02. The van der Waals surface area contributed by atoms with Crippen molar-refractivity contribution in [3.63, 3.8) is 0 Å². The van der Waals surface area contributed by atoms with Crippen molar-refractivity contribution in [1.29, 1.82) is 0 Å². The number of amides is 1. The molecule has 0 saturated heterocycles. The average Bonchev–Trinajstić information content (AvgIpc) is 3.32. The molecule has 3 aromatic heterocycles. The Morgan fingerprint density at radius 2 is 2.00 bits per heavy atom. The molecule has 0 saturated carbocycles. The number of hydrogen-bond acceptors (Lipinski definition) is 6. The Balaban J connectivity index is 1.55. The molecule has 0 spiro atoms. The molecular formula is C24H22F3N7O. The van der Waals surface area contributed by atoms with Crippen molar-refractivity contribution in [3.05, 3.63) is 65.2 Å². The number of carbonyl (C=O) groups excluding carboxylic acids is 1. The van der Waals surface area contributed by atoms with E-state index in [9.17, 15) is 18.0 Å². The van der Waals surface area contributed by atoms with Crippen LogP contribution in [0, 0.1) is 6.92 Å². The number of rotatable bonds is 4. The molecule has 8 nitrogen and oxygen atoms in total. The van der Waals surface area contributed by atoms with Gasteiger partial charge in [-0.05, 0) is 42.7 Å². The van der Waals surface area contributed by atoms with E-state index >= 15 is 0 Å². The van der Waals surface area contributed by atoms with Gasteiger partial charge in [0.15, 0.2) is 11.3 Å². The average molecular weight is 481 g/mol. The molecule has 1 N–H and O–H groups in total. The van der Waals surface area contributed by atoms with Crippen molar-refractivity contribution >= 4 is 34.0 Å². The Bertz CT molecular complexity index is 1480. The lowest BCUT2D eigenvalue weighted by atomic mass is 9.99. The minimum atomic E-state index is -4.41. The van der Waals surface area contributed by atoms with Gasteiger partial charge in [0, 0.05) is 32.1 Å². The molecule has 180 valence electrons. The van der Waals surface area contributed by atoms with Crippen molar-refractivity contribution < 1.29 is 18.0 Å². The number of halogens is 3. The highest BCUT2D eigenvalue weighted by Crippen LogP contribution is 2.32. The largest absolute Gasteiger partial charge is 0.416 e. The molecule has 0 unspecified atom stereocenters. The smallest absolute Gasteiger partial charge is 0.365 e. The first-order chi connectivity index (χ1) is 16.7. The van der Waals surface area contributed by atoms with E-state index in [0.29, 0.717) is 53.4 Å². The summed E-state index contributed by atoms with van der Waals surface area (Å²) in [7, 11) is 0. The van der Waals surface area contributed by atoms with Crippen molar-refractivity contribution in [2.45, 2.75) is 33.0 Å². The summed E-state index contributed by atoms with van der Waals surface area (Å²) in [5, 5.41) is 12.2. The van der Waals surface area contributed by atoms with Crippen molar-refractivity contribution in [2.24, 2.45) is 0 Å². The normalized spacial score (nSPS) is 14.4. The van der Waals surface area contributed by atoms with E-state index in [1.165, 1.54) is 6.07 Å². The van der Waals surface area contributed by atoms with Gasteiger partial charge in [-0.25, -0.2) is 9.97 Å². The first-order valence-corrected chi connectivity index (χ1v) is 11.1. The molecule has 0 radical (unpaired) electrons. The molecule has 0 fully saturated rings. The Morgan fingerprint density at radius 1 is 1.17 bits per heavy atom. The lowest BCUT2D eigenvalue weighted by Gasteiger charge is -2.25. The van der Waals surface area contributed by atoms with Gasteiger partial charge >= 0.3 is 6.18 Å². The minimum Gasteiger partial charge on any atom is -0.365 e. The minimum absolute atomic E-state index is 0.0244. The van der Waals surface area contributed by atoms with Gasteiger partial charge in [-0.2, -0.15) is 13.2 Å².